The lowest BCUT2D eigenvalue weighted by atomic mass is 9.95. The molecule has 0 heterocycles. The molecule has 0 aromatic heterocycles. The molecule has 0 saturated heterocycles. The molecule has 0 bridgehead atoms. The van der Waals surface area contributed by atoms with Crippen molar-refractivity contribution in [3.8, 4) is 5.75 Å². The van der Waals surface area contributed by atoms with Gasteiger partial charge >= 0.3 is 5.97 Å². The molecular weight excluding hydrogens is 254 g/mol. The fraction of sp³-hybridized carbons (Fsp3) is 0.500. The highest BCUT2D eigenvalue weighted by atomic mass is 16.5. The van der Waals surface area contributed by atoms with E-state index >= 15 is 0 Å². The van der Waals surface area contributed by atoms with Crippen molar-refractivity contribution in [1.29, 1.82) is 0 Å². The maximum atomic E-state index is 12.1. The molecule has 0 aliphatic heterocycles. The highest BCUT2D eigenvalue weighted by Crippen LogP contribution is 2.18. The Hall–Kier alpha value is -1.84. The van der Waals surface area contributed by atoms with E-state index in [-0.39, 0.29) is 11.9 Å². The molecule has 2 rings (SSSR count). The van der Waals surface area contributed by atoms with Gasteiger partial charge in [0, 0.05) is 18.0 Å². The van der Waals surface area contributed by atoms with Crippen LogP contribution >= 0.6 is 0 Å². The van der Waals surface area contributed by atoms with Crippen LogP contribution in [-0.4, -0.2) is 17.9 Å². The largest absolute Gasteiger partial charge is 0.427 e. The minimum atomic E-state index is -0.274. The second kappa shape index (κ2) is 7.08. The molecule has 108 valence electrons. The van der Waals surface area contributed by atoms with E-state index < -0.39 is 0 Å². The number of amides is 1. The Kier molecular flexibility index (Phi) is 5.16. The van der Waals surface area contributed by atoms with Crippen LogP contribution in [0.1, 0.15) is 55.8 Å². The molecule has 0 atom stereocenters. The van der Waals surface area contributed by atoms with E-state index in [1.54, 1.807) is 31.2 Å². The predicted octanol–water partition coefficient (Wildman–Crippen LogP) is 3.06. The van der Waals surface area contributed by atoms with Gasteiger partial charge in [-0.1, -0.05) is 26.2 Å². The normalized spacial score (nSPS) is 15.7. The fourth-order valence-corrected chi connectivity index (χ4v) is 2.39. The molecule has 4 heteroatoms. The number of hydrogen-bond donors (Lipinski definition) is 1. The second-order valence-corrected chi connectivity index (χ2v) is 5.16. The van der Waals surface area contributed by atoms with E-state index in [1.165, 1.54) is 19.3 Å². The summed E-state index contributed by atoms with van der Waals surface area (Å²) in [6.07, 6.45) is 6.12. The van der Waals surface area contributed by atoms with Gasteiger partial charge in [0.05, 0.1) is 0 Å². The van der Waals surface area contributed by atoms with Crippen LogP contribution in [-0.2, 0) is 4.79 Å². The van der Waals surface area contributed by atoms with E-state index in [9.17, 15) is 9.59 Å². The van der Waals surface area contributed by atoms with Crippen molar-refractivity contribution in [2.45, 2.75) is 51.5 Å². The van der Waals surface area contributed by atoms with Gasteiger partial charge in [-0.2, -0.15) is 0 Å². The predicted molar refractivity (Wildman–Crippen MR) is 76.7 cm³/mol. The van der Waals surface area contributed by atoms with E-state index in [4.69, 9.17) is 4.74 Å². The van der Waals surface area contributed by atoms with Gasteiger partial charge in [0.1, 0.15) is 5.75 Å². The smallest absolute Gasteiger partial charge is 0.310 e. The topological polar surface area (TPSA) is 55.4 Å². The molecule has 1 aliphatic rings. The Morgan fingerprint density at radius 3 is 2.40 bits per heavy atom. The Balaban J connectivity index is 1.91. The zero-order chi connectivity index (χ0) is 14.4. The summed E-state index contributed by atoms with van der Waals surface area (Å²) in [7, 11) is 0. The molecule has 1 amide bonds. The van der Waals surface area contributed by atoms with Crippen molar-refractivity contribution in [1.82, 2.24) is 5.32 Å². The van der Waals surface area contributed by atoms with Gasteiger partial charge in [-0.3, -0.25) is 9.59 Å². The molecule has 1 N–H and O–H groups in total. The Labute approximate surface area is 119 Å². The highest BCUT2D eigenvalue weighted by Gasteiger charge is 2.16. The zero-order valence-electron chi connectivity index (χ0n) is 11.9. The number of hydrogen-bond acceptors (Lipinski definition) is 3. The third-order valence-corrected chi connectivity index (χ3v) is 3.58. The Morgan fingerprint density at radius 1 is 1.15 bits per heavy atom. The van der Waals surface area contributed by atoms with Crippen LogP contribution in [0.25, 0.3) is 0 Å². The Bertz CT molecular complexity index is 461. The SMILES string of the molecule is CCC(=O)Oc1ccc(C(=O)NC2CCCCC2)cc1. The van der Waals surface area contributed by atoms with Crippen LogP contribution in [0.4, 0.5) is 0 Å². The average Bonchev–Trinajstić information content (AvgIpc) is 2.49. The minimum Gasteiger partial charge on any atom is -0.427 e. The van der Waals surface area contributed by atoms with Crippen LogP contribution in [0.3, 0.4) is 0 Å². The van der Waals surface area contributed by atoms with Crippen molar-refractivity contribution < 1.29 is 14.3 Å². The summed E-state index contributed by atoms with van der Waals surface area (Å²) in [5.74, 6) is 0.153. The monoisotopic (exact) mass is 275 g/mol. The first-order chi connectivity index (χ1) is 9.69. The number of benzene rings is 1. The lowest BCUT2D eigenvalue weighted by Gasteiger charge is -2.22. The van der Waals surface area contributed by atoms with Crippen LogP contribution in [0, 0.1) is 0 Å². The van der Waals surface area contributed by atoms with Gasteiger partial charge in [0.2, 0.25) is 0 Å². The molecule has 0 spiro atoms. The van der Waals surface area contributed by atoms with Crippen molar-refractivity contribution in [3.05, 3.63) is 29.8 Å². The van der Waals surface area contributed by atoms with Gasteiger partial charge in [-0.05, 0) is 37.1 Å². The fourth-order valence-electron chi connectivity index (χ4n) is 2.39. The number of ether oxygens (including phenoxy) is 1. The van der Waals surface area contributed by atoms with Gasteiger partial charge in [-0.15, -0.1) is 0 Å². The quantitative estimate of drug-likeness (QED) is 0.678. The zero-order valence-corrected chi connectivity index (χ0v) is 11.9. The number of esters is 1. The third-order valence-electron chi connectivity index (χ3n) is 3.58. The molecule has 0 radical (unpaired) electrons. The first-order valence-electron chi connectivity index (χ1n) is 7.30. The van der Waals surface area contributed by atoms with Gasteiger partial charge in [0.15, 0.2) is 0 Å². The van der Waals surface area contributed by atoms with E-state index in [2.05, 4.69) is 5.32 Å². The van der Waals surface area contributed by atoms with Crippen molar-refractivity contribution in [2.24, 2.45) is 0 Å². The lowest BCUT2D eigenvalue weighted by Crippen LogP contribution is -2.36. The molecule has 4 nitrogen and oxygen atoms in total. The summed E-state index contributed by atoms with van der Waals surface area (Å²) in [6, 6.07) is 6.99. The Morgan fingerprint density at radius 2 is 1.80 bits per heavy atom. The summed E-state index contributed by atoms with van der Waals surface area (Å²) in [6.45, 7) is 1.74. The van der Waals surface area contributed by atoms with Crippen molar-refractivity contribution in [3.63, 3.8) is 0 Å². The van der Waals surface area contributed by atoms with E-state index in [0.29, 0.717) is 23.8 Å². The van der Waals surface area contributed by atoms with Crippen molar-refractivity contribution in [2.75, 3.05) is 0 Å². The minimum absolute atomic E-state index is 0.0507. The number of nitrogens with one attached hydrogen (secondary N) is 1. The number of carbonyl (C=O) groups is 2. The van der Waals surface area contributed by atoms with E-state index in [0.717, 1.165) is 12.8 Å². The number of carbonyl (C=O) groups excluding carboxylic acids is 2. The molecule has 1 aromatic rings. The van der Waals surface area contributed by atoms with Crippen LogP contribution in [0.15, 0.2) is 24.3 Å². The standard InChI is InChI=1S/C16H21NO3/c1-2-15(18)20-14-10-8-12(9-11-14)16(19)17-13-6-4-3-5-7-13/h8-11,13H,2-7H2,1H3,(H,17,19). The van der Waals surface area contributed by atoms with Crippen LogP contribution in [0.2, 0.25) is 0 Å². The summed E-state index contributed by atoms with van der Waals surface area (Å²) in [5, 5.41) is 3.06. The van der Waals surface area contributed by atoms with E-state index in [1.807, 2.05) is 0 Å². The molecular formula is C16H21NO3. The molecule has 1 aliphatic carbocycles. The molecule has 1 aromatic carbocycles. The average molecular weight is 275 g/mol. The van der Waals surface area contributed by atoms with Crippen molar-refractivity contribution >= 4 is 11.9 Å². The third kappa shape index (κ3) is 4.08. The highest BCUT2D eigenvalue weighted by molar-refractivity contribution is 5.94. The molecule has 20 heavy (non-hydrogen) atoms. The first kappa shape index (κ1) is 14.6. The number of rotatable bonds is 4. The summed E-state index contributed by atoms with van der Waals surface area (Å²) >= 11 is 0. The first-order valence-corrected chi connectivity index (χ1v) is 7.30. The maximum Gasteiger partial charge on any atom is 0.310 e. The maximum absolute atomic E-state index is 12.1. The van der Waals surface area contributed by atoms with Crippen LogP contribution < -0.4 is 10.1 Å². The molecule has 1 fully saturated rings. The molecule has 0 unspecified atom stereocenters. The van der Waals surface area contributed by atoms with Gasteiger partial charge in [0.25, 0.3) is 5.91 Å². The second-order valence-electron chi connectivity index (χ2n) is 5.16. The van der Waals surface area contributed by atoms with Gasteiger partial charge in [-0.25, -0.2) is 0 Å². The molecule has 1 saturated carbocycles. The van der Waals surface area contributed by atoms with Gasteiger partial charge < -0.3 is 10.1 Å². The summed E-state index contributed by atoms with van der Waals surface area (Å²) in [4.78, 5) is 23.2. The lowest BCUT2D eigenvalue weighted by molar-refractivity contribution is -0.134. The summed E-state index contributed by atoms with van der Waals surface area (Å²) < 4.78 is 5.08. The van der Waals surface area contributed by atoms with Crippen LogP contribution in [0.5, 0.6) is 5.75 Å². The summed E-state index contributed by atoms with van der Waals surface area (Å²) in [5.41, 5.74) is 0.604.